The number of aliphatic hydroxyl groups is 1. The van der Waals surface area contributed by atoms with Crippen molar-refractivity contribution in [3.63, 3.8) is 0 Å². The number of aromatic nitrogens is 2. The van der Waals surface area contributed by atoms with Crippen molar-refractivity contribution >= 4 is 11.6 Å². The number of carbonyl (C=O) groups is 1. The van der Waals surface area contributed by atoms with Crippen LogP contribution in [0, 0.1) is 0 Å². The summed E-state index contributed by atoms with van der Waals surface area (Å²) < 4.78 is 38.2. The molecule has 2 aromatic heterocycles. The lowest BCUT2D eigenvalue weighted by Gasteiger charge is -2.22. The minimum absolute atomic E-state index is 0.0212. The van der Waals surface area contributed by atoms with E-state index in [1.54, 1.807) is 22.9 Å². The zero-order chi connectivity index (χ0) is 23.0. The van der Waals surface area contributed by atoms with Gasteiger partial charge >= 0.3 is 6.61 Å². The Bertz CT molecular complexity index is 1160. The number of carbonyl (C=O) groups excluding carboxylic acids is 1. The number of methoxy groups -OCH3 is 1. The van der Waals surface area contributed by atoms with Gasteiger partial charge in [0.15, 0.2) is 0 Å². The van der Waals surface area contributed by atoms with Crippen LogP contribution in [0.25, 0.3) is 16.9 Å². The van der Waals surface area contributed by atoms with Crippen LogP contribution < -0.4 is 14.8 Å². The van der Waals surface area contributed by atoms with Crippen LogP contribution in [0.1, 0.15) is 42.6 Å². The van der Waals surface area contributed by atoms with Crippen molar-refractivity contribution in [2.75, 3.05) is 13.7 Å². The third-order valence-corrected chi connectivity index (χ3v) is 5.63. The molecule has 1 fully saturated rings. The number of alkyl halides is 2. The Balaban J connectivity index is 1.81. The van der Waals surface area contributed by atoms with Crippen LogP contribution in [0.5, 0.6) is 11.5 Å². The molecule has 0 spiro atoms. The van der Waals surface area contributed by atoms with Crippen molar-refractivity contribution in [1.29, 1.82) is 0 Å². The van der Waals surface area contributed by atoms with E-state index in [-0.39, 0.29) is 29.7 Å². The lowest BCUT2D eigenvalue weighted by molar-refractivity contribution is -0.0502. The van der Waals surface area contributed by atoms with E-state index in [1.165, 1.54) is 13.2 Å². The molecule has 32 heavy (non-hydrogen) atoms. The summed E-state index contributed by atoms with van der Waals surface area (Å²) in [4.78, 5) is 17.1. The van der Waals surface area contributed by atoms with Crippen LogP contribution in [-0.4, -0.2) is 46.8 Å². The first-order chi connectivity index (χ1) is 15.2. The van der Waals surface area contributed by atoms with Crippen LogP contribution in [0.15, 0.2) is 36.7 Å². The molecule has 1 aromatic carbocycles. The number of pyridine rings is 1. The van der Waals surface area contributed by atoms with E-state index in [1.807, 2.05) is 26.0 Å². The summed E-state index contributed by atoms with van der Waals surface area (Å²) in [5, 5.41) is 12.4. The number of imidazole rings is 1. The second-order valence-corrected chi connectivity index (χ2v) is 8.51. The Hall–Kier alpha value is -3.20. The average molecular weight is 445 g/mol. The molecule has 7 nitrogen and oxygen atoms in total. The molecule has 1 saturated carbocycles. The number of benzene rings is 1. The zero-order valence-corrected chi connectivity index (χ0v) is 18.1. The highest BCUT2D eigenvalue weighted by molar-refractivity contribution is 6.01. The van der Waals surface area contributed by atoms with E-state index < -0.39 is 17.9 Å². The number of aliphatic hydroxyl groups excluding tert-OH is 1. The predicted molar refractivity (Wildman–Crippen MR) is 114 cm³/mol. The molecule has 0 atom stereocenters. The molecule has 1 aliphatic rings. The molecule has 3 aromatic rings. The monoisotopic (exact) mass is 445 g/mol. The second kappa shape index (κ2) is 8.38. The van der Waals surface area contributed by atoms with Crippen molar-refractivity contribution in [2.24, 2.45) is 0 Å². The van der Waals surface area contributed by atoms with Crippen LogP contribution in [0.2, 0.25) is 0 Å². The minimum atomic E-state index is -3.10. The summed E-state index contributed by atoms with van der Waals surface area (Å²) in [5.41, 5.74) is 2.15. The first-order valence-corrected chi connectivity index (χ1v) is 10.3. The Morgan fingerprint density at radius 2 is 2.03 bits per heavy atom. The number of ether oxygens (including phenoxy) is 2. The van der Waals surface area contributed by atoms with Gasteiger partial charge in [-0.2, -0.15) is 8.78 Å². The highest BCUT2D eigenvalue weighted by Gasteiger charge is 2.29. The van der Waals surface area contributed by atoms with Crippen molar-refractivity contribution < 1.29 is 28.2 Å². The maximum atomic E-state index is 13.2. The molecule has 4 rings (SSSR count). The van der Waals surface area contributed by atoms with Gasteiger partial charge in [0.2, 0.25) is 0 Å². The van der Waals surface area contributed by atoms with Crippen molar-refractivity contribution in [3.8, 4) is 22.8 Å². The Morgan fingerprint density at radius 3 is 2.66 bits per heavy atom. The normalized spacial score (nSPS) is 14.1. The smallest absolute Gasteiger partial charge is 0.387 e. The fourth-order valence-corrected chi connectivity index (χ4v) is 3.50. The van der Waals surface area contributed by atoms with Crippen molar-refractivity contribution in [1.82, 2.24) is 14.7 Å². The summed E-state index contributed by atoms with van der Waals surface area (Å²) in [6.45, 7) is 0.722. The molecule has 1 aliphatic carbocycles. The van der Waals surface area contributed by atoms with Gasteiger partial charge in [-0.25, -0.2) is 4.98 Å². The minimum Gasteiger partial charge on any atom is -0.496 e. The average Bonchev–Trinajstić information content (AvgIpc) is 3.47. The molecular weight excluding hydrogens is 420 g/mol. The number of amides is 1. The van der Waals surface area contributed by atoms with Crippen molar-refractivity contribution in [3.05, 3.63) is 47.8 Å². The standard InChI is InChI=1S/C23H25F2N3O4/c1-23(2,12-29)14-6-7-28-16(11-26-19(28)10-14)13-8-17(31-3)20(18(9-13)32-22(24)25)21(30)27-15-4-5-15/h6-11,15,22,29H,4-5,12H2,1-3H3,(H,27,30). The maximum absolute atomic E-state index is 13.2. The fourth-order valence-electron chi connectivity index (χ4n) is 3.50. The summed E-state index contributed by atoms with van der Waals surface area (Å²) >= 11 is 0. The van der Waals surface area contributed by atoms with Gasteiger partial charge in [-0.1, -0.05) is 13.8 Å². The molecule has 9 heteroatoms. The zero-order valence-electron chi connectivity index (χ0n) is 18.1. The molecule has 0 unspecified atom stereocenters. The van der Waals surface area contributed by atoms with Gasteiger partial charge in [0.25, 0.3) is 5.91 Å². The molecular formula is C23H25F2N3O4. The molecule has 2 heterocycles. The largest absolute Gasteiger partial charge is 0.496 e. The lowest BCUT2D eigenvalue weighted by Crippen LogP contribution is -2.26. The summed E-state index contributed by atoms with van der Waals surface area (Å²) in [6, 6.07) is 6.79. The number of nitrogens with zero attached hydrogens (tertiary/aromatic N) is 2. The van der Waals surface area contributed by atoms with Gasteiger partial charge in [0.1, 0.15) is 22.7 Å². The Labute approximate surface area is 184 Å². The maximum Gasteiger partial charge on any atom is 0.387 e. The van der Waals surface area contributed by atoms with E-state index >= 15 is 0 Å². The lowest BCUT2D eigenvalue weighted by atomic mass is 9.86. The number of halogens is 2. The van der Waals surface area contributed by atoms with Gasteiger partial charge in [0.05, 0.1) is 25.6 Å². The quantitative estimate of drug-likeness (QED) is 0.551. The predicted octanol–water partition coefficient (Wildman–Crippen LogP) is 3.77. The molecule has 0 bridgehead atoms. The van der Waals surface area contributed by atoms with Crippen molar-refractivity contribution in [2.45, 2.75) is 44.8 Å². The third kappa shape index (κ3) is 4.25. The molecule has 2 N–H and O–H groups in total. The molecule has 0 saturated heterocycles. The second-order valence-electron chi connectivity index (χ2n) is 8.51. The van der Waals surface area contributed by atoms with E-state index in [0.717, 1.165) is 18.4 Å². The number of rotatable bonds is 8. The highest BCUT2D eigenvalue weighted by Crippen LogP contribution is 2.37. The van der Waals surface area contributed by atoms with Gasteiger partial charge in [-0.3, -0.25) is 9.20 Å². The van der Waals surface area contributed by atoms with E-state index in [9.17, 15) is 18.7 Å². The molecule has 170 valence electrons. The molecule has 0 radical (unpaired) electrons. The van der Waals surface area contributed by atoms with Gasteiger partial charge < -0.3 is 19.9 Å². The Kier molecular flexibility index (Phi) is 5.77. The van der Waals surface area contributed by atoms with Gasteiger partial charge in [0, 0.05) is 23.2 Å². The van der Waals surface area contributed by atoms with Crippen LogP contribution >= 0.6 is 0 Å². The summed E-state index contributed by atoms with van der Waals surface area (Å²) in [6.07, 6.45) is 5.12. The number of hydrogen-bond acceptors (Lipinski definition) is 5. The first-order valence-electron chi connectivity index (χ1n) is 10.3. The van der Waals surface area contributed by atoms with Gasteiger partial charge in [-0.05, 0) is 42.7 Å². The fraction of sp³-hybridized carbons (Fsp3) is 0.391. The van der Waals surface area contributed by atoms with Gasteiger partial charge in [-0.15, -0.1) is 0 Å². The molecule has 1 amide bonds. The van der Waals surface area contributed by atoms with Crippen LogP contribution in [-0.2, 0) is 5.41 Å². The SMILES string of the molecule is COc1cc(-c2cnc3cc(C(C)(C)CO)ccn23)cc(OC(F)F)c1C(=O)NC1CC1. The van der Waals surface area contributed by atoms with Crippen LogP contribution in [0.4, 0.5) is 8.78 Å². The number of fused-ring (bicyclic) bond motifs is 1. The molecule has 0 aliphatic heterocycles. The topological polar surface area (TPSA) is 85.1 Å². The Morgan fingerprint density at radius 1 is 1.31 bits per heavy atom. The highest BCUT2D eigenvalue weighted by atomic mass is 19.3. The van der Waals surface area contributed by atoms with E-state index in [4.69, 9.17) is 9.47 Å². The number of nitrogens with one attached hydrogen (secondary N) is 1. The number of hydrogen-bond donors (Lipinski definition) is 2. The van der Waals surface area contributed by atoms with E-state index in [0.29, 0.717) is 16.9 Å². The summed E-state index contributed by atoms with van der Waals surface area (Å²) in [7, 11) is 1.37. The third-order valence-electron chi connectivity index (χ3n) is 5.63. The first kappa shape index (κ1) is 22.0. The van der Waals surface area contributed by atoms with E-state index in [2.05, 4.69) is 10.3 Å². The van der Waals surface area contributed by atoms with Crippen LogP contribution in [0.3, 0.4) is 0 Å². The summed E-state index contributed by atoms with van der Waals surface area (Å²) in [5.74, 6) is -0.648.